The number of nitrogens with zero attached hydrogens (tertiary/aromatic N) is 1. The number of hydroxylamine groups is 2. The van der Waals surface area contributed by atoms with Crippen molar-refractivity contribution in [2.45, 2.75) is 61.4 Å². The van der Waals surface area contributed by atoms with Crippen molar-refractivity contribution in [3.8, 4) is 0 Å². The molecule has 0 aromatic heterocycles. The van der Waals surface area contributed by atoms with Gasteiger partial charge in [0.1, 0.15) is 11.1 Å². The maximum absolute atomic E-state index is 13.0. The number of benzene rings is 2. The molecule has 2 aromatic rings. The third-order valence-corrected chi connectivity index (χ3v) is 9.11. The summed E-state index contributed by atoms with van der Waals surface area (Å²) in [5.41, 5.74) is -1.66. The third kappa shape index (κ3) is 5.92. The highest BCUT2D eigenvalue weighted by Crippen LogP contribution is 2.30. The molecule has 0 saturated carbocycles. The van der Waals surface area contributed by atoms with Crippen molar-refractivity contribution in [2.24, 2.45) is 0 Å². The number of hydrogen-bond acceptors (Lipinski definition) is 8. The van der Waals surface area contributed by atoms with Gasteiger partial charge in [-0.15, -0.1) is 0 Å². The van der Waals surface area contributed by atoms with Crippen molar-refractivity contribution in [2.75, 3.05) is 10.2 Å². The molecule has 2 aliphatic heterocycles. The average molecular weight is 620 g/mol. The Morgan fingerprint density at radius 1 is 0.881 bits per heavy atom. The van der Waals surface area contributed by atoms with E-state index in [-0.39, 0.29) is 46.0 Å². The minimum Gasteiger partial charge on any atom is -0.633 e. The first kappa shape index (κ1) is 31.2. The molecule has 2 aliphatic rings. The van der Waals surface area contributed by atoms with Crippen LogP contribution in [0, 0.1) is 5.21 Å². The second-order valence-electron chi connectivity index (χ2n) is 11.1. The predicted molar refractivity (Wildman–Crippen MR) is 151 cm³/mol. The van der Waals surface area contributed by atoms with Gasteiger partial charge in [0, 0.05) is 17.8 Å². The molecule has 13 nitrogen and oxygen atoms in total. The highest BCUT2D eigenvalue weighted by molar-refractivity contribution is 7.86. The number of carbonyl (C=O) groups is 3. The molecule has 0 aliphatic carbocycles. The second-order valence-corrected chi connectivity index (χ2v) is 13.9. The first-order valence-electron chi connectivity index (χ1n) is 12.6. The quantitative estimate of drug-likeness (QED) is 0.189. The molecule has 1 atom stereocenters. The molecular weight excluding hydrogens is 590 g/mol. The topological polar surface area (TPSA) is 203 Å². The maximum atomic E-state index is 13.0. The number of carbonyl (C=O) groups excluding carboxylic acids is 3. The number of aryl methyl sites for hydroxylation is 2. The number of nitrogens with one attached hydrogen (secondary N) is 2. The summed E-state index contributed by atoms with van der Waals surface area (Å²) >= 11 is 0. The van der Waals surface area contributed by atoms with Crippen molar-refractivity contribution in [1.29, 1.82) is 0 Å². The van der Waals surface area contributed by atoms with E-state index < -0.39 is 58.8 Å². The molecule has 0 radical (unpaired) electrons. The van der Waals surface area contributed by atoms with Gasteiger partial charge in [-0.3, -0.25) is 23.5 Å². The fraction of sp³-hybridized carbons (Fsp3) is 0.296. The molecule has 1 unspecified atom stereocenters. The van der Waals surface area contributed by atoms with E-state index in [2.05, 4.69) is 5.32 Å². The molecule has 0 spiro atoms. The molecule has 15 heteroatoms. The van der Waals surface area contributed by atoms with E-state index in [1.165, 1.54) is 24.3 Å². The summed E-state index contributed by atoms with van der Waals surface area (Å²) in [6.45, 7) is 6.61. The van der Waals surface area contributed by atoms with Crippen molar-refractivity contribution < 1.29 is 45.4 Å². The van der Waals surface area contributed by atoms with Crippen molar-refractivity contribution in [3.63, 3.8) is 0 Å². The Hall–Kier alpha value is -3.73. The van der Waals surface area contributed by atoms with E-state index in [1.807, 2.05) is 0 Å². The van der Waals surface area contributed by atoms with Crippen LogP contribution in [-0.2, 0) is 47.5 Å². The number of quaternary nitrogens is 1. The molecule has 2 aromatic carbocycles. The number of hydrogen-bond donors (Lipinski definition) is 4. The zero-order chi connectivity index (χ0) is 31.4. The smallest absolute Gasteiger partial charge is 0.294 e. The Balaban J connectivity index is 1.62. The molecule has 0 bridgehead atoms. The van der Waals surface area contributed by atoms with Gasteiger partial charge >= 0.3 is 0 Å². The van der Waals surface area contributed by atoms with Gasteiger partial charge in [0.15, 0.2) is 0 Å². The Bertz CT molecular complexity index is 1770. The van der Waals surface area contributed by atoms with Crippen LogP contribution in [0.25, 0.3) is 0 Å². The van der Waals surface area contributed by atoms with E-state index in [9.17, 15) is 45.5 Å². The molecule has 0 fully saturated rings. The van der Waals surface area contributed by atoms with Crippen LogP contribution in [0.3, 0.4) is 0 Å². The summed E-state index contributed by atoms with van der Waals surface area (Å²) in [6, 6.07) is 7.31. The molecule has 0 saturated heterocycles. The molecule has 4 N–H and O–H groups in total. The zero-order valence-electron chi connectivity index (χ0n) is 23.0. The van der Waals surface area contributed by atoms with Crippen LogP contribution >= 0.6 is 0 Å². The van der Waals surface area contributed by atoms with Gasteiger partial charge in [0.25, 0.3) is 38.0 Å². The van der Waals surface area contributed by atoms with Crippen molar-refractivity contribution in [1.82, 2.24) is 0 Å². The summed E-state index contributed by atoms with van der Waals surface area (Å²) in [5.74, 6) is -2.00. The largest absolute Gasteiger partial charge is 0.633 e. The lowest BCUT2D eigenvalue weighted by Gasteiger charge is -2.41. The highest BCUT2D eigenvalue weighted by atomic mass is 32.2. The van der Waals surface area contributed by atoms with Crippen LogP contribution in [0.4, 0.5) is 11.4 Å². The first-order valence-corrected chi connectivity index (χ1v) is 15.5. The second kappa shape index (κ2) is 10.5. The van der Waals surface area contributed by atoms with Crippen LogP contribution < -0.4 is 15.3 Å². The Morgan fingerprint density at radius 2 is 1.38 bits per heavy atom. The number of imide groups is 1. The fourth-order valence-corrected chi connectivity index (χ4v) is 6.76. The van der Waals surface area contributed by atoms with E-state index in [0.29, 0.717) is 0 Å². The van der Waals surface area contributed by atoms with E-state index in [1.54, 1.807) is 33.8 Å². The Labute approximate surface area is 242 Å². The molecule has 224 valence electrons. The predicted octanol–water partition coefficient (Wildman–Crippen LogP) is 1.21. The lowest BCUT2D eigenvalue weighted by Crippen LogP contribution is -3.20. The highest BCUT2D eigenvalue weighted by Gasteiger charge is 2.48. The first-order chi connectivity index (χ1) is 19.2. The van der Waals surface area contributed by atoms with Crippen LogP contribution in [-0.4, -0.2) is 54.7 Å². The van der Waals surface area contributed by atoms with E-state index >= 15 is 0 Å². The van der Waals surface area contributed by atoms with Gasteiger partial charge in [-0.1, -0.05) is 12.1 Å². The van der Waals surface area contributed by atoms with Crippen molar-refractivity contribution >= 4 is 49.3 Å². The molecular formula is C27H29N3O10S2. The Kier molecular flexibility index (Phi) is 7.82. The number of amides is 3. The Morgan fingerprint density at radius 3 is 1.86 bits per heavy atom. The maximum Gasteiger partial charge on any atom is 0.294 e. The van der Waals surface area contributed by atoms with Gasteiger partial charge in [-0.05, 0) is 82.0 Å². The van der Waals surface area contributed by atoms with Gasteiger partial charge in [0.2, 0.25) is 0 Å². The molecule has 4 rings (SSSR count). The summed E-state index contributed by atoms with van der Waals surface area (Å²) in [5, 5.41) is 15.1. The minimum atomic E-state index is -4.83. The minimum absolute atomic E-state index is 0.0294. The van der Waals surface area contributed by atoms with Crippen molar-refractivity contribution in [3.05, 3.63) is 76.5 Å². The lowest BCUT2D eigenvalue weighted by atomic mass is 9.95. The monoisotopic (exact) mass is 619 g/mol. The van der Waals surface area contributed by atoms with Crippen LogP contribution in [0.1, 0.15) is 38.8 Å². The standard InChI is InChI=1S/C27H29N3O10S2/c1-26(2)15-20(27(3,4)30(26)34)25(33)28-18-9-7-16(21(13-18)41(35,36)37)5-6-17-8-10-19(14-22(17)42(38,39)40)29-23(31)11-12-24(29)32/h7-15,30H,5-6H2,1-4H3,(H,28,33)(H,35,36,37)(H,38,39,40). The van der Waals surface area contributed by atoms with E-state index in [0.717, 1.165) is 29.2 Å². The number of anilines is 2. The van der Waals surface area contributed by atoms with Gasteiger partial charge in [-0.25, -0.2) is 4.90 Å². The normalized spacial score (nSPS) is 19.7. The van der Waals surface area contributed by atoms with Crippen LogP contribution in [0.2, 0.25) is 0 Å². The van der Waals surface area contributed by atoms with Gasteiger partial charge in [0.05, 0.1) is 21.1 Å². The average Bonchev–Trinajstić information content (AvgIpc) is 3.29. The summed E-state index contributed by atoms with van der Waals surface area (Å²) in [4.78, 5) is 36.6. The summed E-state index contributed by atoms with van der Waals surface area (Å²) in [6.07, 6.45) is 3.32. The number of rotatable bonds is 8. The molecule has 3 amide bonds. The summed E-state index contributed by atoms with van der Waals surface area (Å²) in [7, 11) is -9.64. The SMILES string of the molecule is CC1(C)C=C(C(=O)Nc2ccc(CCc3ccc(N4C(=O)C=CC4=O)cc3S(=O)(=O)O)c(S(=O)(=O)O)c2)C(C)(C)[NH+]1[O-]. The van der Waals surface area contributed by atoms with E-state index in [4.69, 9.17) is 0 Å². The fourth-order valence-electron chi connectivity index (χ4n) is 5.21. The van der Waals surface area contributed by atoms with Gasteiger partial charge < -0.3 is 15.6 Å². The molecule has 2 heterocycles. The zero-order valence-corrected chi connectivity index (χ0v) is 24.7. The van der Waals surface area contributed by atoms with Crippen LogP contribution in [0.5, 0.6) is 0 Å². The third-order valence-electron chi connectivity index (χ3n) is 7.24. The van der Waals surface area contributed by atoms with Crippen LogP contribution in [0.15, 0.2) is 70.0 Å². The lowest BCUT2D eigenvalue weighted by molar-refractivity contribution is -0.927. The summed E-state index contributed by atoms with van der Waals surface area (Å²) < 4.78 is 68.5. The molecule has 42 heavy (non-hydrogen) atoms. The van der Waals surface area contributed by atoms with Gasteiger partial charge in [-0.2, -0.15) is 16.8 Å².